The summed E-state index contributed by atoms with van der Waals surface area (Å²) in [6.07, 6.45) is 2.31. The van der Waals surface area contributed by atoms with Gasteiger partial charge in [0.1, 0.15) is 5.75 Å². The topological polar surface area (TPSA) is 78.4 Å². The van der Waals surface area contributed by atoms with Gasteiger partial charge >= 0.3 is 0 Å². The molecule has 1 aromatic carbocycles. The van der Waals surface area contributed by atoms with Gasteiger partial charge in [0.2, 0.25) is 5.91 Å². The normalized spacial score (nSPS) is 13.9. The fourth-order valence-electron chi connectivity index (χ4n) is 1.61. The number of carbonyl (C=O) groups is 2. The van der Waals surface area contributed by atoms with Crippen molar-refractivity contribution < 1.29 is 14.7 Å². The molecule has 2 amide bonds. The van der Waals surface area contributed by atoms with Crippen LogP contribution in [0.25, 0.3) is 0 Å². The lowest BCUT2D eigenvalue weighted by molar-refractivity contribution is -0.121. The SMILES string of the molecule is O=C(CCNC(=O)c1ccc(Cl)cc1O)NC1CC1. The van der Waals surface area contributed by atoms with E-state index >= 15 is 0 Å². The first-order valence-corrected chi connectivity index (χ1v) is 6.50. The van der Waals surface area contributed by atoms with Crippen LogP contribution in [0.1, 0.15) is 29.6 Å². The molecule has 5 nitrogen and oxygen atoms in total. The molecule has 1 fully saturated rings. The predicted octanol–water partition coefficient (Wildman–Crippen LogP) is 1.44. The number of carbonyl (C=O) groups excluding carboxylic acids is 2. The standard InChI is InChI=1S/C13H15ClN2O3/c14-8-1-4-10(11(17)7-8)13(19)15-6-5-12(18)16-9-2-3-9/h1,4,7,9,17H,2-3,5-6H2,(H,15,19)(H,16,18). The fourth-order valence-corrected chi connectivity index (χ4v) is 1.78. The van der Waals surface area contributed by atoms with Gasteiger partial charge in [-0.2, -0.15) is 0 Å². The summed E-state index contributed by atoms with van der Waals surface area (Å²) in [5.41, 5.74) is 0.145. The fraction of sp³-hybridized carbons (Fsp3) is 0.385. The number of phenols is 1. The predicted molar refractivity (Wildman–Crippen MR) is 71.2 cm³/mol. The molecule has 0 bridgehead atoms. The smallest absolute Gasteiger partial charge is 0.255 e. The third kappa shape index (κ3) is 4.13. The van der Waals surface area contributed by atoms with Gasteiger partial charge in [0.25, 0.3) is 5.91 Å². The number of hydrogen-bond donors (Lipinski definition) is 3. The van der Waals surface area contributed by atoms with Gasteiger partial charge in [-0.25, -0.2) is 0 Å². The summed E-state index contributed by atoms with van der Waals surface area (Å²) in [6.45, 7) is 0.236. The van der Waals surface area contributed by atoms with Crippen LogP contribution in [0.2, 0.25) is 5.02 Å². The number of hydrogen-bond acceptors (Lipinski definition) is 3. The molecule has 1 aliphatic rings. The van der Waals surface area contributed by atoms with Crippen LogP contribution in [0.15, 0.2) is 18.2 Å². The van der Waals surface area contributed by atoms with Crippen molar-refractivity contribution in [1.29, 1.82) is 0 Å². The van der Waals surface area contributed by atoms with Crippen LogP contribution in [-0.4, -0.2) is 29.5 Å². The van der Waals surface area contributed by atoms with Gasteiger partial charge in [-0.3, -0.25) is 9.59 Å². The number of nitrogens with one attached hydrogen (secondary N) is 2. The van der Waals surface area contributed by atoms with Crippen LogP contribution >= 0.6 is 11.6 Å². The lowest BCUT2D eigenvalue weighted by atomic mass is 10.2. The van der Waals surface area contributed by atoms with Crippen molar-refractivity contribution in [1.82, 2.24) is 10.6 Å². The van der Waals surface area contributed by atoms with Crippen LogP contribution in [0.4, 0.5) is 0 Å². The van der Waals surface area contributed by atoms with Gasteiger partial charge in [0, 0.05) is 24.0 Å². The molecule has 0 spiro atoms. The van der Waals surface area contributed by atoms with E-state index in [1.54, 1.807) is 0 Å². The van der Waals surface area contributed by atoms with Crippen molar-refractivity contribution in [2.75, 3.05) is 6.54 Å². The number of benzene rings is 1. The monoisotopic (exact) mass is 282 g/mol. The summed E-state index contributed by atoms with van der Waals surface area (Å²) >= 11 is 5.68. The quantitative estimate of drug-likeness (QED) is 0.765. The van der Waals surface area contributed by atoms with E-state index in [4.69, 9.17) is 11.6 Å². The highest BCUT2D eigenvalue weighted by Gasteiger charge is 2.22. The van der Waals surface area contributed by atoms with Crippen molar-refractivity contribution in [2.24, 2.45) is 0 Å². The molecule has 0 radical (unpaired) electrons. The highest BCUT2D eigenvalue weighted by molar-refractivity contribution is 6.30. The Bertz CT molecular complexity index is 501. The van der Waals surface area contributed by atoms with Crippen LogP contribution in [0, 0.1) is 0 Å². The highest BCUT2D eigenvalue weighted by Crippen LogP contribution is 2.21. The molecule has 0 atom stereocenters. The van der Waals surface area contributed by atoms with E-state index < -0.39 is 5.91 Å². The summed E-state index contributed by atoms with van der Waals surface area (Å²) in [5, 5.41) is 15.3. The Kier molecular flexibility index (Phi) is 4.27. The second-order valence-corrected chi connectivity index (χ2v) is 4.95. The van der Waals surface area contributed by atoms with E-state index in [1.807, 2.05) is 0 Å². The third-order valence-corrected chi connectivity index (χ3v) is 3.02. The molecule has 102 valence electrons. The molecule has 0 aromatic heterocycles. The molecule has 3 N–H and O–H groups in total. The summed E-state index contributed by atoms with van der Waals surface area (Å²) in [5.74, 6) is -0.663. The van der Waals surface area contributed by atoms with Crippen molar-refractivity contribution in [3.63, 3.8) is 0 Å². The second kappa shape index (κ2) is 5.93. The van der Waals surface area contributed by atoms with Crippen molar-refractivity contribution in [3.8, 4) is 5.75 Å². The lowest BCUT2D eigenvalue weighted by Crippen LogP contribution is -2.31. The van der Waals surface area contributed by atoms with E-state index in [2.05, 4.69) is 10.6 Å². The molecule has 0 heterocycles. The Morgan fingerprint density at radius 3 is 2.74 bits per heavy atom. The highest BCUT2D eigenvalue weighted by atomic mass is 35.5. The van der Waals surface area contributed by atoms with E-state index in [1.165, 1.54) is 18.2 Å². The number of rotatable bonds is 5. The molecule has 0 aliphatic heterocycles. The van der Waals surface area contributed by atoms with Gasteiger partial charge in [0.15, 0.2) is 0 Å². The maximum absolute atomic E-state index is 11.7. The van der Waals surface area contributed by atoms with E-state index in [9.17, 15) is 14.7 Å². The van der Waals surface area contributed by atoms with Gasteiger partial charge in [-0.1, -0.05) is 11.6 Å². The number of halogens is 1. The maximum atomic E-state index is 11.7. The van der Waals surface area contributed by atoms with E-state index in [0.29, 0.717) is 11.1 Å². The molecular weight excluding hydrogens is 268 g/mol. The summed E-state index contributed by atoms with van der Waals surface area (Å²) < 4.78 is 0. The molecule has 1 aromatic rings. The number of aromatic hydroxyl groups is 1. The van der Waals surface area contributed by atoms with Gasteiger partial charge in [-0.05, 0) is 31.0 Å². The minimum Gasteiger partial charge on any atom is -0.507 e. The largest absolute Gasteiger partial charge is 0.507 e. The van der Waals surface area contributed by atoms with E-state index in [0.717, 1.165) is 12.8 Å². The zero-order valence-corrected chi connectivity index (χ0v) is 11.0. The molecule has 2 rings (SSSR count). The number of phenolic OH excluding ortho intramolecular Hbond substituents is 1. The van der Waals surface area contributed by atoms with E-state index in [-0.39, 0.29) is 30.2 Å². The number of amides is 2. The zero-order valence-electron chi connectivity index (χ0n) is 10.3. The molecule has 6 heteroatoms. The van der Waals surface area contributed by atoms with Crippen molar-refractivity contribution >= 4 is 23.4 Å². The zero-order chi connectivity index (χ0) is 13.8. The van der Waals surface area contributed by atoms with Gasteiger partial charge in [0.05, 0.1) is 5.56 Å². The van der Waals surface area contributed by atoms with Gasteiger partial charge < -0.3 is 15.7 Å². The van der Waals surface area contributed by atoms with Crippen molar-refractivity contribution in [2.45, 2.75) is 25.3 Å². The average molecular weight is 283 g/mol. The minimum atomic E-state index is -0.423. The Morgan fingerprint density at radius 2 is 2.11 bits per heavy atom. The summed E-state index contributed by atoms with van der Waals surface area (Å²) in [7, 11) is 0. The first-order chi connectivity index (χ1) is 9.06. The third-order valence-electron chi connectivity index (χ3n) is 2.78. The van der Waals surface area contributed by atoms with Crippen LogP contribution in [0.3, 0.4) is 0 Å². The molecular formula is C13H15ClN2O3. The Hall–Kier alpha value is -1.75. The average Bonchev–Trinajstić information content (AvgIpc) is 3.12. The Balaban J connectivity index is 1.78. The Morgan fingerprint density at radius 1 is 1.37 bits per heavy atom. The van der Waals surface area contributed by atoms with Crippen LogP contribution < -0.4 is 10.6 Å². The minimum absolute atomic E-state index is 0.0665. The Labute approximate surface area is 116 Å². The second-order valence-electron chi connectivity index (χ2n) is 4.51. The van der Waals surface area contributed by atoms with Crippen LogP contribution in [0.5, 0.6) is 5.75 Å². The molecule has 1 aliphatic carbocycles. The first kappa shape index (κ1) is 13.7. The van der Waals surface area contributed by atoms with Crippen molar-refractivity contribution in [3.05, 3.63) is 28.8 Å². The molecule has 1 saturated carbocycles. The van der Waals surface area contributed by atoms with Crippen LogP contribution in [-0.2, 0) is 4.79 Å². The molecule has 0 saturated heterocycles. The lowest BCUT2D eigenvalue weighted by Gasteiger charge is -2.07. The molecule has 0 unspecified atom stereocenters. The summed E-state index contributed by atoms with van der Waals surface area (Å²) in [6, 6.07) is 4.59. The molecule has 19 heavy (non-hydrogen) atoms. The maximum Gasteiger partial charge on any atom is 0.255 e. The summed E-state index contributed by atoms with van der Waals surface area (Å²) in [4.78, 5) is 23.1. The van der Waals surface area contributed by atoms with Gasteiger partial charge in [-0.15, -0.1) is 0 Å². The first-order valence-electron chi connectivity index (χ1n) is 6.12.